The Bertz CT molecular complexity index is 1080. The highest BCUT2D eigenvalue weighted by Crippen LogP contribution is 2.50. The summed E-state index contributed by atoms with van der Waals surface area (Å²) in [5.74, 6) is 1.08. The van der Waals surface area contributed by atoms with Gasteiger partial charge in [0.1, 0.15) is 5.75 Å². The van der Waals surface area contributed by atoms with E-state index >= 15 is 0 Å². The zero-order valence-corrected chi connectivity index (χ0v) is 17.8. The van der Waals surface area contributed by atoms with E-state index in [1.807, 2.05) is 6.07 Å². The topological polar surface area (TPSA) is 120 Å². The van der Waals surface area contributed by atoms with Gasteiger partial charge in [0.05, 0.1) is 27.4 Å². The van der Waals surface area contributed by atoms with E-state index in [0.717, 1.165) is 11.1 Å². The summed E-state index contributed by atoms with van der Waals surface area (Å²) in [6.45, 7) is 1.41. The highest BCUT2D eigenvalue weighted by Gasteiger charge is 2.30. The van der Waals surface area contributed by atoms with Crippen LogP contribution in [0.4, 0.5) is 0 Å². The van der Waals surface area contributed by atoms with Crippen molar-refractivity contribution in [2.24, 2.45) is 0 Å². The summed E-state index contributed by atoms with van der Waals surface area (Å²) in [5.41, 5.74) is 3.00. The zero-order valence-electron chi connectivity index (χ0n) is 17.0. The van der Waals surface area contributed by atoms with Gasteiger partial charge in [0.15, 0.2) is 11.5 Å². The second-order valence-electron chi connectivity index (χ2n) is 6.73. The van der Waals surface area contributed by atoms with Crippen LogP contribution in [0, 0.1) is 0 Å². The first-order valence-corrected chi connectivity index (χ1v) is 10.4. The first kappa shape index (κ1) is 21.7. The quantitative estimate of drug-likeness (QED) is 0.662. The molecule has 1 atom stereocenters. The lowest BCUT2D eigenvalue weighted by molar-refractivity contribution is -0.119. The average Bonchev–Trinajstić information content (AvgIpc) is 2.82. The van der Waals surface area contributed by atoms with Gasteiger partial charge in [-0.1, -0.05) is 6.07 Å². The van der Waals surface area contributed by atoms with Crippen LogP contribution < -0.4 is 23.7 Å². The first-order valence-electron chi connectivity index (χ1n) is 9.08. The van der Waals surface area contributed by atoms with E-state index in [0.29, 0.717) is 41.2 Å². The van der Waals surface area contributed by atoms with Crippen molar-refractivity contribution in [3.05, 3.63) is 35.4 Å². The number of hydrogen-bond acceptors (Lipinski definition) is 7. The van der Waals surface area contributed by atoms with Crippen LogP contribution in [0.1, 0.15) is 30.5 Å². The number of amides is 1. The molecule has 0 unspecified atom stereocenters. The number of carbonyl (C=O) groups is 1. The Hall–Kier alpha value is -2.98. The summed E-state index contributed by atoms with van der Waals surface area (Å²) in [5, 5.41) is 2.89. The summed E-state index contributed by atoms with van der Waals surface area (Å²) >= 11 is 0. The lowest BCUT2D eigenvalue weighted by atomic mass is 9.93. The van der Waals surface area contributed by atoms with Crippen LogP contribution in [0.2, 0.25) is 0 Å². The lowest BCUT2D eigenvalue weighted by Gasteiger charge is -2.21. The normalized spacial score (nSPS) is 15.3. The molecule has 162 valence electrons. The van der Waals surface area contributed by atoms with Gasteiger partial charge >= 0.3 is 10.4 Å². The van der Waals surface area contributed by atoms with E-state index in [4.69, 9.17) is 18.8 Å². The molecular weight excluding hydrogens is 414 g/mol. The number of rotatable bonds is 6. The Morgan fingerprint density at radius 1 is 1.10 bits per heavy atom. The maximum atomic E-state index is 11.8. The number of methoxy groups -OCH3 is 3. The van der Waals surface area contributed by atoms with Gasteiger partial charge in [-0.15, -0.1) is 0 Å². The van der Waals surface area contributed by atoms with Crippen molar-refractivity contribution >= 4 is 16.3 Å². The van der Waals surface area contributed by atoms with Crippen LogP contribution in [-0.2, 0) is 21.6 Å². The fourth-order valence-electron chi connectivity index (χ4n) is 3.78. The van der Waals surface area contributed by atoms with Gasteiger partial charge in [-0.2, -0.15) is 8.42 Å². The third kappa shape index (κ3) is 4.29. The average molecular weight is 437 g/mol. The van der Waals surface area contributed by atoms with Gasteiger partial charge in [0.25, 0.3) is 0 Å². The zero-order chi connectivity index (χ0) is 22.1. The van der Waals surface area contributed by atoms with E-state index in [9.17, 15) is 13.2 Å². The summed E-state index contributed by atoms with van der Waals surface area (Å²) in [4.78, 5) is 11.8. The molecule has 0 bridgehead atoms. The maximum Gasteiger partial charge on any atom is 0.446 e. The lowest BCUT2D eigenvalue weighted by Crippen LogP contribution is -2.26. The number of fused-ring (bicyclic) bond motifs is 3. The molecule has 2 aromatic rings. The number of hydrogen-bond donors (Lipinski definition) is 2. The molecule has 2 N–H and O–H groups in total. The minimum absolute atomic E-state index is 0.0745. The van der Waals surface area contributed by atoms with E-state index in [1.165, 1.54) is 40.4 Å². The van der Waals surface area contributed by atoms with Crippen molar-refractivity contribution in [3.63, 3.8) is 0 Å². The van der Waals surface area contributed by atoms with Gasteiger partial charge in [-0.05, 0) is 47.7 Å². The van der Waals surface area contributed by atoms with Gasteiger partial charge < -0.3 is 23.7 Å². The van der Waals surface area contributed by atoms with Crippen LogP contribution >= 0.6 is 0 Å². The minimum Gasteiger partial charge on any atom is -0.493 e. The molecule has 0 saturated heterocycles. The molecule has 2 aromatic carbocycles. The maximum absolute atomic E-state index is 11.8. The summed E-state index contributed by atoms with van der Waals surface area (Å²) in [6.07, 6.45) is 1.12. The Labute approximate surface area is 174 Å². The molecule has 0 aromatic heterocycles. The Kier molecular flexibility index (Phi) is 6.09. The van der Waals surface area contributed by atoms with Crippen molar-refractivity contribution in [2.45, 2.75) is 25.8 Å². The van der Waals surface area contributed by atoms with Crippen molar-refractivity contribution in [2.75, 3.05) is 21.3 Å². The van der Waals surface area contributed by atoms with Gasteiger partial charge in [0, 0.05) is 12.5 Å². The van der Waals surface area contributed by atoms with Crippen LogP contribution in [-0.4, -0.2) is 40.2 Å². The first-order chi connectivity index (χ1) is 14.2. The fourth-order valence-corrected chi connectivity index (χ4v) is 4.13. The van der Waals surface area contributed by atoms with E-state index in [2.05, 4.69) is 9.50 Å². The smallest absolute Gasteiger partial charge is 0.446 e. The molecular formula is C20H23NO8S. The summed E-state index contributed by atoms with van der Waals surface area (Å²) in [7, 11) is -0.135. The minimum atomic E-state index is -4.69. The number of nitrogens with one attached hydrogen (secondary N) is 1. The largest absolute Gasteiger partial charge is 0.493 e. The third-order valence-corrected chi connectivity index (χ3v) is 5.26. The highest BCUT2D eigenvalue weighted by molar-refractivity contribution is 7.81. The van der Waals surface area contributed by atoms with Gasteiger partial charge in [-0.3, -0.25) is 9.35 Å². The van der Waals surface area contributed by atoms with Crippen molar-refractivity contribution < 1.29 is 36.2 Å². The van der Waals surface area contributed by atoms with E-state index in [1.54, 1.807) is 6.07 Å². The van der Waals surface area contributed by atoms with E-state index in [-0.39, 0.29) is 11.7 Å². The second-order valence-corrected chi connectivity index (χ2v) is 7.75. The summed E-state index contributed by atoms with van der Waals surface area (Å²) in [6, 6.07) is 6.00. The summed E-state index contributed by atoms with van der Waals surface area (Å²) < 4.78 is 52.6. The van der Waals surface area contributed by atoms with Crippen LogP contribution in [0.5, 0.6) is 23.0 Å². The molecule has 0 aliphatic heterocycles. The third-order valence-electron chi connectivity index (χ3n) is 4.86. The van der Waals surface area contributed by atoms with Crippen LogP contribution in [0.25, 0.3) is 11.1 Å². The molecule has 1 aliphatic carbocycles. The Balaban J connectivity index is 2.29. The molecule has 0 heterocycles. The number of benzene rings is 2. The van der Waals surface area contributed by atoms with Crippen LogP contribution in [0.3, 0.4) is 0 Å². The number of aryl methyl sites for hydroxylation is 1. The standard InChI is InChI=1S/C20H23NO8S/c1-11(22)21-16-8-5-12-9-17(26-2)19(27-3)20(28-4)18(12)14-7-6-13(10-15(14)16)29-30(23,24)25/h6-7,9-10,16H,5,8H2,1-4H3,(H,21,22)(H,23,24,25)/t16-/m0/s1. The molecule has 1 amide bonds. The molecule has 0 radical (unpaired) electrons. The fraction of sp³-hybridized carbons (Fsp3) is 0.350. The van der Waals surface area contributed by atoms with Crippen molar-refractivity contribution in [3.8, 4) is 34.1 Å². The Morgan fingerprint density at radius 2 is 1.80 bits per heavy atom. The second kappa shape index (κ2) is 8.41. The molecule has 1 aliphatic rings. The van der Waals surface area contributed by atoms with Crippen molar-refractivity contribution in [1.29, 1.82) is 0 Å². The molecule has 30 heavy (non-hydrogen) atoms. The predicted octanol–water partition coefficient (Wildman–Crippen LogP) is 2.68. The predicted molar refractivity (Wildman–Crippen MR) is 109 cm³/mol. The van der Waals surface area contributed by atoms with Crippen molar-refractivity contribution in [1.82, 2.24) is 5.32 Å². The number of ether oxygens (including phenoxy) is 3. The highest BCUT2D eigenvalue weighted by atomic mass is 32.3. The Morgan fingerprint density at radius 3 is 2.37 bits per heavy atom. The van der Waals surface area contributed by atoms with E-state index < -0.39 is 16.4 Å². The molecule has 10 heteroatoms. The van der Waals surface area contributed by atoms with Gasteiger partial charge in [-0.25, -0.2) is 0 Å². The monoisotopic (exact) mass is 437 g/mol. The number of carbonyl (C=O) groups excluding carboxylic acids is 1. The van der Waals surface area contributed by atoms with Crippen LogP contribution in [0.15, 0.2) is 24.3 Å². The molecule has 0 fully saturated rings. The van der Waals surface area contributed by atoms with Gasteiger partial charge in [0.2, 0.25) is 11.7 Å². The molecule has 0 saturated carbocycles. The molecule has 0 spiro atoms. The molecule has 9 nitrogen and oxygen atoms in total. The SMILES string of the molecule is COc1cc2c(c(OC)c1OC)-c1ccc(OS(=O)(=O)O)cc1[C@@H](NC(C)=O)CC2. The molecule has 3 rings (SSSR count).